The molecule has 0 spiro atoms. The van der Waals surface area contributed by atoms with E-state index in [2.05, 4.69) is 18.9 Å². The lowest BCUT2D eigenvalue weighted by Gasteiger charge is -2.15. The van der Waals surface area contributed by atoms with Crippen LogP contribution in [0, 0.1) is 5.82 Å². The molecule has 2 rings (SSSR count). The number of halogens is 1. The Morgan fingerprint density at radius 3 is 2.63 bits per heavy atom. The molecule has 0 saturated heterocycles. The third-order valence-corrected chi connectivity index (χ3v) is 3.73. The SMILES string of the molecule is CC=C(CC)Oc1ccc(F)c2c1CCN(C)CC2. The summed E-state index contributed by atoms with van der Waals surface area (Å²) in [5, 5.41) is 0. The summed E-state index contributed by atoms with van der Waals surface area (Å²) in [6.45, 7) is 5.88. The maximum atomic E-state index is 14.0. The zero-order valence-corrected chi connectivity index (χ0v) is 12.0. The van der Waals surface area contributed by atoms with Crippen molar-refractivity contribution in [2.24, 2.45) is 0 Å². The normalized spacial score (nSPS) is 16.9. The van der Waals surface area contributed by atoms with Crippen molar-refractivity contribution < 1.29 is 9.13 Å². The Morgan fingerprint density at radius 1 is 1.32 bits per heavy atom. The molecule has 1 heterocycles. The fourth-order valence-corrected chi connectivity index (χ4v) is 2.48. The first-order valence-corrected chi connectivity index (χ1v) is 6.97. The number of fused-ring (bicyclic) bond motifs is 1. The van der Waals surface area contributed by atoms with Gasteiger partial charge in [0.2, 0.25) is 0 Å². The summed E-state index contributed by atoms with van der Waals surface area (Å²) in [4.78, 5) is 2.24. The van der Waals surface area contributed by atoms with Crippen molar-refractivity contribution in [2.45, 2.75) is 33.1 Å². The molecule has 0 aliphatic carbocycles. The van der Waals surface area contributed by atoms with Crippen molar-refractivity contribution in [3.05, 3.63) is 40.9 Å². The van der Waals surface area contributed by atoms with Crippen molar-refractivity contribution in [1.29, 1.82) is 0 Å². The van der Waals surface area contributed by atoms with Crippen LogP contribution in [0.5, 0.6) is 5.75 Å². The minimum atomic E-state index is -0.101. The monoisotopic (exact) mass is 263 g/mol. The summed E-state index contributed by atoms with van der Waals surface area (Å²) in [6, 6.07) is 3.29. The van der Waals surface area contributed by atoms with Gasteiger partial charge in [0.15, 0.2) is 0 Å². The van der Waals surface area contributed by atoms with Crippen molar-refractivity contribution in [2.75, 3.05) is 20.1 Å². The van der Waals surface area contributed by atoms with Gasteiger partial charge in [0.05, 0.1) is 5.76 Å². The molecule has 1 aliphatic rings. The van der Waals surface area contributed by atoms with Gasteiger partial charge in [-0.05, 0) is 50.6 Å². The minimum Gasteiger partial charge on any atom is -0.462 e. The zero-order valence-electron chi connectivity index (χ0n) is 12.0. The van der Waals surface area contributed by atoms with Gasteiger partial charge in [0.1, 0.15) is 11.6 Å². The van der Waals surface area contributed by atoms with Crippen LogP contribution >= 0.6 is 0 Å². The molecule has 104 valence electrons. The van der Waals surface area contributed by atoms with Gasteiger partial charge in [0.25, 0.3) is 0 Å². The smallest absolute Gasteiger partial charge is 0.130 e. The van der Waals surface area contributed by atoms with E-state index in [0.29, 0.717) is 0 Å². The number of benzene rings is 1. The number of hydrogen-bond acceptors (Lipinski definition) is 2. The second-order valence-corrected chi connectivity index (χ2v) is 5.02. The Bertz CT molecular complexity index is 482. The van der Waals surface area contributed by atoms with Crippen molar-refractivity contribution in [3.8, 4) is 5.75 Å². The third kappa shape index (κ3) is 3.16. The highest BCUT2D eigenvalue weighted by Crippen LogP contribution is 2.29. The molecule has 1 aromatic carbocycles. The van der Waals surface area contributed by atoms with Crippen LogP contribution in [0.15, 0.2) is 24.0 Å². The molecule has 0 radical (unpaired) electrons. The van der Waals surface area contributed by atoms with E-state index in [1.165, 1.54) is 6.07 Å². The molecule has 0 fully saturated rings. The van der Waals surface area contributed by atoms with Crippen LogP contribution in [0.3, 0.4) is 0 Å². The maximum absolute atomic E-state index is 14.0. The van der Waals surface area contributed by atoms with Crippen molar-refractivity contribution in [3.63, 3.8) is 0 Å². The van der Waals surface area contributed by atoms with Gasteiger partial charge in [-0.15, -0.1) is 0 Å². The highest BCUT2D eigenvalue weighted by Gasteiger charge is 2.19. The van der Waals surface area contributed by atoms with E-state index in [4.69, 9.17) is 4.74 Å². The van der Waals surface area contributed by atoms with Crippen molar-refractivity contribution >= 4 is 0 Å². The van der Waals surface area contributed by atoms with Crippen LogP contribution in [0.2, 0.25) is 0 Å². The molecule has 0 unspecified atom stereocenters. The lowest BCUT2D eigenvalue weighted by atomic mass is 10.0. The lowest BCUT2D eigenvalue weighted by Crippen LogP contribution is -2.20. The molecule has 1 aromatic rings. The first kappa shape index (κ1) is 14.1. The summed E-state index contributed by atoms with van der Waals surface area (Å²) in [7, 11) is 2.08. The molecule has 3 heteroatoms. The molecule has 0 bridgehead atoms. The molecular formula is C16H22FNO. The van der Waals surface area contributed by atoms with Crippen LogP contribution in [-0.2, 0) is 12.8 Å². The Hall–Kier alpha value is -1.35. The van der Waals surface area contributed by atoms with Gasteiger partial charge in [-0.25, -0.2) is 4.39 Å². The summed E-state index contributed by atoms with van der Waals surface area (Å²) >= 11 is 0. The van der Waals surface area contributed by atoms with Crippen LogP contribution in [0.25, 0.3) is 0 Å². The molecule has 2 nitrogen and oxygen atoms in total. The van der Waals surface area contributed by atoms with Crippen LogP contribution in [0.4, 0.5) is 4.39 Å². The van der Waals surface area contributed by atoms with E-state index >= 15 is 0 Å². The Labute approximate surface area is 114 Å². The Kier molecular flexibility index (Phi) is 4.59. The minimum absolute atomic E-state index is 0.101. The largest absolute Gasteiger partial charge is 0.462 e. The standard InChI is InChI=1S/C16H22FNO/c1-4-12(5-2)19-16-7-6-15(17)13-8-10-18(3)11-9-14(13)16/h4,6-7H,5,8-11H2,1-3H3. The average molecular weight is 263 g/mol. The predicted octanol–water partition coefficient (Wildman–Crippen LogP) is 3.55. The first-order valence-electron chi connectivity index (χ1n) is 6.97. The van der Waals surface area contributed by atoms with E-state index < -0.39 is 0 Å². The van der Waals surface area contributed by atoms with Gasteiger partial charge < -0.3 is 9.64 Å². The number of allylic oxidation sites excluding steroid dienone is 2. The number of hydrogen-bond donors (Lipinski definition) is 0. The highest BCUT2D eigenvalue weighted by molar-refractivity contribution is 5.43. The summed E-state index contributed by atoms with van der Waals surface area (Å²) in [5.41, 5.74) is 1.87. The molecular weight excluding hydrogens is 241 g/mol. The molecule has 1 aliphatic heterocycles. The number of rotatable bonds is 3. The molecule has 0 atom stereocenters. The van der Waals surface area contributed by atoms with E-state index in [1.54, 1.807) is 6.07 Å². The van der Waals surface area contributed by atoms with Gasteiger partial charge in [-0.2, -0.15) is 0 Å². The topological polar surface area (TPSA) is 12.5 Å². The van der Waals surface area contributed by atoms with E-state index in [0.717, 1.165) is 55.0 Å². The quantitative estimate of drug-likeness (QED) is 0.773. The molecule has 19 heavy (non-hydrogen) atoms. The second-order valence-electron chi connectivity index (χ2n) is 5.02. The molecule has 0 amide bonds. The van der Waals surface area contributed by atoms with E-state index in [-0.39, 0.29) is 5.82 Å². The fourth-order valence-electron chi connectivity index (χ4n) is 2.48. The number of likely N-dealkylation sites (N-methyl/N-ethyl adjacent to an activating group) is 1. The van der Waals surface area contributed by atoms with Gasteiger partial charge in [-0.1, -0.05) is 6.92 Å². The summed E-state index contributed by atoms with van der Waals surface area (Å²) in [6.07, 6.45) is 4.42. The van der Waals surface area contributed by atoms with E-state index in [9.17, 15) is 4.39 Å². The van der Waals surface area contributed by atoms with Gasteiger partial charge >= 0.3 is 0 Å². The molecule has 0 saturated carbocycles. The van der Waals surface area contributed by atoms with Gasteiger partial charge in [0, 0.05) is 25.1 Å². The van der Waals surface area contributed by atoms with E-state index in [1.807, 2.05) is 13.0 Å². The Morgan fingerprint density at radius 2 is 2.00 bits per heavy atom. The first-order chi connectivity index (χ1) is 9.15. The molecule has 0 aromatic heterocycles. The van der Waals surface area contributed by atoms with Gasteiger partial charge in [-0.3, -0.25) is 0 Å². The van der Waals surface area contributed by atoms with Crippen LogP contribution < -0.4 is 4.74 Å². The maximum Gasteiger partial charge on any atom is 0.130 e. The number of ether oxygens (including phenoxy) is 1. The zero-order chi connectivity index (χ0) is 13.8. The second kappa shape index (κ2) is 6.20. The fraction of sp³-hybridized carbons (Fsp3) is 0.500. The number of nitrogens with zero attached hydrogens (tertiary/aromatic N) is 1. The Balaban J connectivity index is 2.36. The van der Waals surface area contributed by atoms with Crippen molar-refractivity contribution in [1.82, 2.24) is 4.90 Å². The van der Waals surface area contributed by atoms with Crippen LogP contribution in [0.1, 0.15) is 31.4 Å². The third-order valence-electron chi connectivity index (χ3n) is 3.73. The van der Waals surface area contributed by atoms with Crippen LogP contribution in [-0.4, -0.2) is 25.0 Å². The highest BCUT2D eigenvalue weighted by atomic mass is 19.1. The predicted molar refractivity (Wildman–Crippen MR) is 76.0 cm³/mol. The lowest BCUT2D eigenvalue weighted by molar-refractivity contribution is 0.350. The molecule has 0 N–H and O–H groups in total. The average Bonchev–Trinajstić information content (AvgIpc) is 2.61. The summed E-state index contributed by atoms with van der Waals surface area (Å²) in [5.74, 6) is 1.66. The summed E-state index contributed by atoms with van der Waals surface area (Å²) < 4.78 is 19.9.